The number of amides is 1. The summed E-state index contributed by atoms with van der Waals surface area (Å²) in [4.78, 5) is 27.6. The number of carbonyl (C=O) groups excluding carboxylic acids is 1. The van der Waals surface area contributed by atoms with Gasteiger partial charge in [0, 0.05) is 11.6 Å². The summed E-state index contributed by atoms with van der Waals surface area (Å²) in [5.41, 5.74) is 1.65. The fraction of sp³-hybridized carbons (Fsp3) is 0.350. The summed E-state index contributed by atoms with van der Waals surface area (Å²) in [5.74, 6) is -3.41. The molecule has 1 amide bonds. The third-order valence-electron chi connectivity index (χ3n) is 4.84. The number of benzene rings is 1. The normalized spacial score (nSPS) is 20.2. The van der Waals surface area contributed by atoms with Gasteiger partial charge in [0.1, 0.15) is 23.3 Å². The maximum absolute atomic E-state index is 13.9. The van der Waals surface area contributed by atoms with Crippen LogP contribution in [-0.2, 0) is 16.1 Å². The van der Waals surface area contributed by atoms with E-state index in [9.17, 15) is 23.5 Å². The molecule has 1 aliphatic rings. The van der Waals surface area contributed by atoms with E-state index < -0.39 is 36.6 Å². The molecule has 0 saturated carbocycles. The van der Waals surface area contributed by atoms with Gasteiger partial charge in [-0.3, -0.25) is 9.88 Å². The minimum Gasteiger partial charge on any atom is -0.457 e. The Hall–Kier alpha value is -3.31. The molecule has 0 bridgehead atoms. The molecule has 164 valence electrons. The zero-order valence-corrected chi connectivity index (χ0v) is 16.6. The number of aromatic nitrogens is 2. The number of anilines is 1. The van der Waals surface area contributed by atoms with Gasteiger partial charge >= 0.3 is 17.7 Å². The molecule has 1 aliphatic heterocycles. The Morgan fingerprint density at radius 2 is 2.16 bits per heavy atom. The Bertz CT molecular complexity index is 1210. The molecule has 1 fully saturated rings. The molecule has 11 heteroatoms. The first kappa shape index (κ1) is 20.9. The number of halogens is 2. The second-order valence-electron chi connectivity index (χ2n) is 7.29. The van der Waals surface area contributed by atoms with E-state index in [1.165, 1.54) is 0 Å². The second-order valence-corrected chi connectivity index (χ2v) is 7.29. The molecule has 3 heterocycles. The number of alkyl halides is 2. The van der Waals surface area contributed by atoms with E-state index in [1.807, 2.05) is 26.0 Å². The van der Waals surface area contributed by atoms with Crippen LogP contribution in [-0.4, -0.2) is 39.4 Å². The van der Waals surface area contributed by atoms with Crippen LogP contribution in [0.1, 0.15) is 23.1 Å². The lowest BCUT2D eigenvalue weighted by molar-refractivity contribution is -0.140. The summed E-state index contributed by atoms with van der Waals surface area (Å²) in [6.45, 7) is 3.11. The second kappa shape index (κ2) is 7.75. The summed E-state index contributed by atoms with van der Waals surface area (Å²) >= 11 is 0. The molecular formula is C20H19F2N3O6. The van der Waals surface area contributed by atoms with Crippen LogP contribution in [0.15, 0.2) is 39.7 Å². The first-order valence-corrected chi connectivity index (χ1v) is 9.35. The SMILES string of the molecule is Cc1cc(C)c2oc(COC(=O)Nc3ccn([C@@H]4OC[C@@H](O)C4(F)F)c(=O)n3)cc2c1. The van der Waals surface area contributed by atoms with Gasteiger partial charge in [0.2, 0.25) is 6.23 Å². The highest BCUT2D eigenvalue weighted by Crippen LogP contribution is 2.38. The molecule has 31 heavy (non-hydrogen) atoms. The topological polar surface area (TPSA) is 116 Å². The van der Waals surface area contributed by atoms with Gasteiger partial charge in [-0.1, -0.05) is 11.6 Å². The van der Waals surface area contributed by atoms with Crippen molar-refractivity contribution in [3.05, 3.63) is 57.8 Å². The molecule has 0 spiro atoms. The Morgan fingerprint density at radius 3 is 2.84 bits per heavy atom. The highest BCUT2D eigenvalue weighted by Gasteiger charge is 2.54. The van der Waals surface area contributed by atoms with Gasteiger partial charge in [-0.25, -0.2) is 9.59 Å². The maximum atomic E-state index is 13.9. The van der Waals surface area contributed by atoms with Gasteiger partial charge < -0.3 is 19.0 Å². The average Bonchev–Trinajstić information content (AvgIpc) is 3.21. The van der Waals surface area contributed by atoms with E-state index in [0.29, 0.717) is 15.9 Å². The van der Waals surface area contributed by atoms with Gasteiger partial charge in [-0.05, 0) is 37.6 Å². The minimum absolute atomic E-state index is 0.157. The van der Waals surface area contributed by atoms with Crippen LogP contribution in [0.25, 0.3) is 11.0 Å². The number of nitrogens with one attached hydrogen (secondary N) is 1. The summed E-state index contributed by atoms with van der Waals surface area (Å²) in [5, 5.41) is 12.4. The van der Waals surface area contributed by atoms with Gasteiger partial charge in [0.05, 0.1) is 6.61 Å². The van der Waals surface area contributed by atoms with Crippen molar-refractivity contribution in [1.29, 1.82) is 0 Å². The van der Waals surface area contributed by atoms with Gasteiger partial charge in [0.15, 0.2) is 6.61 Å². The number of hydrogen-bond acceptors (Lipinski definition) is 7. The predicted octanol–water partition coefficient (Wildman–Crippen LogP) is 2.88. The fourth-order valence-corrected chi connectivity index (χ4v) is 3.41. The lowest BCUT2D eigenvalue weighted by Crippen LogP contribution is -2.40. The first-order valence-electron chi connectivity index (χ1n) is 9.35. The molecule has 2 atom stereocenters. The molecular weight excluding hydrogens is 416 g/mol. The van der Waals surface area contributed by atoms with E-state index in [1.54, 1.807) is 6.07 Å². The fourth-order valence-electron chi connectivity index (χ4n) is 3.41. The third kappa shape index (κ3) is 4.01. The van der Waals surface area contributed by atoms with Crippen LogP contribution in [0.5, 0.6) is 0 Å². The van der Waals surface area contributed by atoms with E-state index >= 15 is 0 Å². The standard InChI is InChI=1S/C20H19F2N3O6/c1-10-5-11(2)16-12(6-10)7-13(31-16)8-30-19(28)24-15-3-4-25(18(27)23-15)17-20(21,22)14(26)9-29-17/h3-7,14,17,26H,8-9H2,1-2H3,(H,23,24,27,28)/t14-,17-/m1/s1. The summed E-state index contributed by atoms with van der Waals surface area (Å²) in [7, 11) is 0. The largest absolute Gasteiger partial charge is 0.457 e. The molecule has 3 aromatic rings. The molecule has 0 aliphatic carbocycles. The number of aliphatic hydroxyl groups is 1. The van der Waals surface area contributed by atoms with Crippen molar-refractivity contribution in [3.63, 3.8) is 0 Å². The van der Waals surface area contributed by atoms with Crippen molar-refractivity contribution in [2.45, 2.75) is 38.7 Å². The van der Waals surface area contributed by atoms with Crippen molar-refractivity contribution >= 4 is 22.9 Å². The number of rotatable bonds is 4. The van der Waals surface area contributed by atoms with Crippen LogP contribution < -0.4 is 11.0 Å². The predicted molar refractivity (Wildman–Crippen MR) is 104 cm³/mol. The van der Waals surface area contributed by atoms with Crippen LogP contribution in [0.2, 0.25) is 0 Å². The van der Waals surface area contributed by atoms with Crippen molar-refractivity contribution in [2.75, 3.05) is 11.9 Å². The van der Waals surface area contributed by atoms with Crippen molar-refractivity contribution in [1.82, 2.24) is 9.55 Å². The monoisotopic (exact) mass is 435 g/mol. The Morgan fingerprint density at radius 1 is 1.39 bits per heavy atom. The van der Waals surface area contributed by atoms with E-state index in [-0.39, 0.29) is 12.4 Å². The number of aliphatic hydroxyl groups excluding tert-OH is 1. The van der Waals surface area contributed by atoms with Crippen LogP contribution in [0.3, 0.4) is 0 Å². The zero-order valence-electron chi connectivity index (χ0n) is 16.6. The van der Waals surface area contributed by atoms with Gasteiger partial charge in [-0.15, -0.1) is 0 Å². The quantitative estimate of drug-likeness (QED) is 0.647. The van der Waals surface area contributed by atoms with Crippen LogP contribution >= 0.6 is 0 Å². The Labute approximate surface area is 174 Å². The molecule has 9 nitrogen and oxygen atoms in total. The number of carbonyl (C=O) groups is 1. The zero-order chi connectivity index (χ0) is 22.3. The Kier molecular flexibility index (Phi) is 5.23. The van der Waals surface area contributed by atoms with Crippen molar-refractivity contribution in [2.24, 2.45) is 0 Å². The van der Waals surface area contributed by atoms with Gasteiger partial charge in [0.25, 0.3) is 0 Å². The maximum Gasteiger partial charge on any atom is 0.413 e. The summed E-state index contributed by atoms with van der Waals surface area (Å²) in [6, 6.07) is 6.83. The lowest BCUT2D eigenvalue weighted by atomic mass is 10.1. The number of furan rings is 1. The van der Waals surface area contributed by atoms with E-state index in [4.69, 9.17) is 13.9 Å². The minimum atomic E-state index is -3.65. The number of ether oxygens (including phenoxy) is 2. The molecule has 4 rings (SSSR count). The van der Waals surface area contributed by atoms with Crippen molar-refractivity contribution < 1.29 is 32.6 Å². The first-order chi connectivity index (χ1) is 14.6. The van der Waals surface area contributed by atoms with Crippen LogP contribution in [0, 0.1) is 13.8 Å². The third-order valence-corrected chi connectivity index (χ3v) is 4.84. The van der Waals surface area contributed by atoms with E-state index in [0.717, 1.165) is 28.8 Å². The molecule has 2 N–H and O–H groups in total. The molecule has 1 saturated heterocycles. The highest BCUT2D eigenvalue weighted by molar-refractivity contribution is 5.83. The molecule has 0 radical (unpaired) electrons. The lowest BCUT2D eigenvalue weighted by Gasteiger charge is -2.21. The Balaban J connectivity index is 1.41. The number of hydrogen-bond donors (Lipinski definition) is 2. The molecule has 1 aromatic carbocycles. The number of fused-ring (bicyclic) bond motifs is 1. The highest BCUT2D eigenvalue weighted by atomic mass is 19.3. The molecule has 2 aromatic heterocycles. The summed E-state index contributed by atoms with van der Waals surface area (Å²) in [6.07, 6.45) is -3.92. The number of nitrogens with zero attached hydrogens (tertiary/aromatic N) is 2. The van der Waals surface area contributed by atoms with Crippen molar-refractivity contribution in [3.8, 4) is 0 Å². The summed E-state index contributed by atoms with van der Waals surface area (Å²) < 4.78 is 43.9. The average molecular weight is 435 g/mol. The van der Waals surface area contributed by atoms with Gasteiger partial charge in [-0.2, -0.15) is 13.8 Å². The molecule has 0 unspecified atom stereocenters. The number of aryl methyl sites for hydroxylation is 2. The van der Waals surface area contributed by atoms with E-state index in [2.05, 4.69) is 10.3 Å². The smallest absolute Gasteiger partial charge is 0.413 e. The van der Waals surface area contributed by atoms with Crippen LogP contribution in [0.4, 0.5) is 19.4 Å².